The highest BCUT2D eigenvalue weighted by Crippen LogP contribution is 2.17. The standard InChI is InChI=1S/C16H23N3O2/c1-13(14-5-3-2-4-6-14)7-8-18-15(20)16(21)19-11-9-17-10-12-19/h2-6,13,17H,7-12H2,1H3,(H,18,20). The molecule has 1 atom stereocenters. The Kier molecular flexibility index (Phi) is 5.75. The molecule has 1 aliphatic rings. The lowest BCUT2D eigenvalue weighted by Gasteiger charge is -2.26. The molecule has 1 saturated heterocycles. The van der Waals surface area contributed by atoms with Crippen LogP contribution in [0.2, 0.25) is 0 Å². The predicted octanol–water partition coefficient (Wildman–Crippen LogP) is 0.728. The zero-order valence-electron chi connectivity index (χ0n) is 12.5. The molecule has 1 aromatic carbocycles. The number of nitrogens with one attached hydrogen (secondary N) is 2. The van der Waals surface area contributed by atoms with Gasteiger partial charge in [-0.3, -0.25) is 9.59 Å². The molecular formula is C16H23N3O2. The van der Waals surface area contributed by atoms with E-state index in [0.717, 1.165) is 19.5 Å². The first-order chi connectivity index (χ1) is 10.2. The zero-order chi connectivity index (χ0) is 15.1. The van der Waals surface area contributed by atoms with Crippen molar-refractivity contribution in [2.75, 3.05) is 32.7 Å². The quantitative estimate of drug-likeness (QED) is 0.803. The van der Waals surface area contributed by atoms with Gasteiger partial charge in [-0.15, -0.1) is 0 Å². The number of benzene rings is 1. The van der Waals surface area contributed by atoms with Crippen molar-refractivity contribution in [3.63, 3.8) is 0 Å². The Morgan fingerprint density at radius 3 is 2.57 bits per heavy atom. The lowest BCUT2D eigenvalue weighted by atomic mass is 9.98. The fraction of sp³-hybridized carbons (Fsp3) is 0.500. The molecule has 2 rings (SSSR count). The lowest BCUT2D eigenvalue weighted by Crippen LogP contribution is -2.51. The highest BCUT2D eigenvalue weighted by Gasteiger charge is 2.22. The molecule has 5 heteroatoms. The Hall–Kier alpha value is -1.88. The molecule has 1 unspecified atom stereocenters. The Morgan fingerprint density at radius 1 is 1.24 bits per heavy atom. The number of amides is 2. The van der Waals surface area contributed by atoms with E-state index in [9.17, 15) is 9.59 Å². The summed E-state index contributed by atoms with van der Waals surface area (Å²) in [5.74, 6) is -0.540. The van der Waals surface area contributed by atoms with Crippen LogP contribution in [0.25, 0.3) is 0 Å². The van der Waals surface area contributed by atoms with E-state index in [-0.39, 0.29) is 0 Å². The molecule has 2 N–H and O–H groups in total. The van der Waals surface area contributed by atoms with Gasteiger partial charge < -0.3 is 15.5 Å². The van der Waals surface area contributed by atoms with E-state index in [1.54, 1.807) is 4.90 Å². The summed E-state index contributed by atoms with van der Waals surface area (Å²) in [6.07, 6.45) is 0.824. The normalized spacial score (nSPS) is 16.3. The average molecular weight is 289 g/mol. The Morgan fingerprint density at radius 2 is 1.90 bits per heavy atom. The number of carbonyl (C=O) groups is 2. The maximum atomic E-state index is 11.9. The smallest absolute Gasteiger partial charge is 0.311 e. The van der Waals surface area contributed by atoms with Crippen LogP contribution in [0.1, 0.15) is 24.8 Å². The molecule has 1 aliphatic heterocycles. The molecule has 0 saturated carbocycles. The number of nitrogens with zero attached hydrogens (tertiary/aromatic N) is 1. The van der Waals surface area contributed by atoms with Gasteiger partial charge in [0.1, 0.15) is 0 Å². The highest BCUT2D eigenvalue weighted by atomic mass is 16.2. The molecule has 1 fully saturated rings. The number of carbonyl (C=O) groups excluding carboxylic acids is 2. The van der Waals surface area contributed by atoms with E-state index < -0.39 is 11.8 Å². The number of hydrogen-bond donors (Lipinski definition) is 2. The third-order valence-electron chi connectivity index (χ3n) is 3.83. The summed E-state index contributed by atoms with van der Waals surface area (Å²) in [6.45, 7) is 5.36. The van der Waals surface area contributed by atoms with Crippen molar-refractivity contribution in [1.82, 2.24) is 15.5 Å². The summed E-state index contributed by atoms with van der Waals surface area (Å²) in [5, 5.41) is 5.89. The fourth-order valence-corrected chi connectivity index (χ4v) is 2.44. The third-order valence-corrected chi connectivity index (χ3v) is 3.83. The summed E-state index contributed by atoms with van der Waals surface area (Å²) in [6, 6.07) is 10.2. The number of hydrogen-bond acceptors (Lipinski definition) is 3. The predicted molar refractivity (Wildman–Crippen MR) is 81.9 cm³/mol. The second-order valence-corrected chi connectivity index (χ2v) is 5.40. The minimum absolute atomic E-state index is 0.362. The maximum Gasteiger partial charge on any atom is 0.311 e. The van der Waals surface area contributed by atoms with Gasteiger partial charge in [-0.25, -0.2) is 0 Å². The van der Waals surface area contributed by atoms with Gasteiger partial charge in [0, 0.05) is 32.7 Å². The van der Waals surface area contributed by atoms with E-state index in [1.165, 1.54) is 5.56 Å². The molecular weight excluding hydrogens is 266 g/mol. The first-order valence-electron chi connectivity index (χ1n) is 7.51. The van der Waals surface area contributed by atoms with E-state index in [0.29, 0.717) is 25.6 Å². The van der Waals surface area contributed by atoms with Crippen molar-refractivity contribution in [3.8, 4) is 0 Å². The average Bonchev–Trinajstić information content (AvgIpc) is 2.55. The van der Waals surface area contributed by atoms with Gasteiger partial charge in [-0.1, -0.05) is 37.3 Å². The SMILES string of the molecule is CC(CCNC(=O)C(=O)N1CCNCC1)c1ccccc1. The molecule has 0 aromatic heterocycles. The zero-order valence-corrected chi connectivity index (χ0v) is 12.5. The molecule has 1 heterocycles. The molecule has 114 valence electrons. The van der Waals surface area contributed by atoms with Gasteiger partial charge in [-0.2, -0.15) is 0 Å². The first kappa shape index (κ1) is 15.5. The highest BCUT2D eigenvalue weighted by molar-refractivity contribution is 6.35. The van der Waals surface area contributed by atoms with Crippen LogP contribution in [-0.4, -0.2) is 49.4 Å². The van der Waals surface area contributed by atoms with Crippen molar-refractivity contribution < 1.29 is 9.59 Å². The van der Waals surface area contributed by atoms with Gasteiger partial charge in [0.05, 0.1) is 0 Å². The number of rotatable bonds is 4. The Labute approximate surface area is 125 Å². The van der Waals surface area contributed by atoms with Gasteiger partial charge in [0.15, 0.2) is 0 Å². The minimum atomic E-state index is -0.489. The van der Waals surface area contributed by atoms with Crippen molar-refractivity contribution in [1.29, 1.82) is 0 Å². The topological polar surface area (TPSA) is 61.4 Å². The molecule has 2 amide bonds. The van der Waals surface area contributed by atoms with Crippen LogP contribution < -0.4 is 10.6 Å². The molecule has 21 heavy (non-hydrogen) atoms. The first-order valence-corrected chi connectivity index (χ1v) is 7.51. The van der Waals surface area contributed by atoms with Crippen LogP contribution in [0.5, 0.6) is 0 Å². The monoisotopic (exact) mass is 289 g/mol. The molecule has 0 bridgehead atoms. The van der Waals surface area contributed by atoms with Crippen LogP contribution >= 0.6 is 0 Å². The summed E-state index contributed by atoms with van der Waals surface area (Å²) in [4.78, 5) is 25.4. The van der Waals surface area contributed by atoms with Crippen LogP contribution in [-0.2, 0) is 9.59 Å². The molecule has 0 radical (unpaired) electrons. The van der Waals surface area contributed by atoms with Gasteiger partial charge >= 0.3 is 11.8 Å². The lowest BCUT2D eigenvalue weighted by molar-refractivity contribution is -0.146. The Bertz CT molecular complexity index is 470. The van der Waals surface area contributed by atoms with Gasteiger partial charge in [0.2, 0.25) is 0 Å². The minimum Gasteiger partial charge on any atom is -0.348 e. The molecule has 5 nitrogen and oxygen atoms in total. The Balaban J connectivity index is 1.72. The summed E-state index contributed by atoms with van der Waals surface area (Å²) >= 11 is 0. The molecule has 1 aromatic rings. The summed E-state index contributed by atoms with van der Waals surface area (Å²) < 4.78 is 0. The summed E-state index contributed by atoms with van der Waals surface area (Å²) in [5.41, 5.74) is 1.25. The van der Waals surface area contributed by atoms with Gasteiger partial charge in [-0.05, 0) is 17.9 Å². The largest absolute Gasteiger partial charge is 0.348 e. The van der Waals surface area contributed by atoms with Crippen LogP contribution in [0.3, 0.4) is 0 Å². The van der Waals surface area contributed by atoms with E-state index in [1.807, 2.05) is 18.2 Å². The fourth-order valence-electron chi connectivity index (χ4n) is 2.44. The van der Waals surface area contributed by atoms with Crippen LogP contribution in [0.4, 0.5) is 0 Å². The molecule has 0 aliphatic carbocycles. The second-order valence-electron chi connectivity index (χ2n) is 5.40. The number of piperazine rings is 1. The second kappa shape index (κ2) is 7.78. The van der Waals surface area contributed by atoms with Gasteiger partial charge in [0.25, 0.3) is 0 Å². The van der Waals surface area contributed by atoms with Crippen molar-refractivity contribution >= 4 is 11.8 Å². The van der Waals surface area contributed by atoms with Crippen molar-refractivity contribution in [2.45, 2.75) is 19.3 Å². The maximum absolute atomic E-state index is 11.9. The van der Waals surface area contributed by atoms with Crippen molar-refractivity contribution in [2.24, 2.45) is 0 Å². The molecule has 0 spiro atoms. The third kappa shape index (κ3) is 4.56. The van der Waals surface area contributed by atoms with Crippen LogP contribution in [0.15, 0.2) is 30.3 Å². The van der Waals surface area contributed by atoms with Crippen LogP contribution in [0, 0.1) is 0 Å². The van der Waals surface area contributed by atoms with Crippen molar-refractivity contribution in [3.05, 3.63) is 35.9 Å². The van der Waals surface area contributed by atoms with E-state index in [4.69, 9.17) is 0 Å². The van der Waals surface area contributed by atoms with E-state index in [2.05, 4.69) is 29.7 Å². The van der Waals surface area contributed by atoms with E-state index >= 15 is 0 Å². The summed E-state index contributed by atoms with van der Waals surface area (Å²) in [7, 11) is 0.